The number of carbonyl (C=O) groups excluding carboxylic acids is 1. The van der Waals surface area contributed by atoms with Crippen molar-refractivity contribution in [1.29, 1.82) is 0 Å². The molecule has 1 fully saturated rings. The first-order valence-electron chi connectivity index (χ1n) is 7.45. The number of rotatable bonds is 1. The van der Waals surface area contributed by atoms with Crippen LogP contribution in [0.3, 0.4) is 0 Å². The van der Waals surface area contributed by atoms with E-state index < -0.39 is 6.10 Å². The van der Waals surface area contributed by atoms with Crippen LogP contribution in [0.5, 0.6) is 0 Å². The minimum Gasteiger partial charge on any atom is -0.396 e. The highest BCUT2D eigenvalue weighted by molar-refractivity contribution is 5.78. The highest BCUT2D eigenvalue weighted by atomic mass is 16.3. The molecule has 2 N–H and O–H groups in total. The summed E-state index contributed by atoms with van der Waals surface area (Å²) in [6, 6.07) is 0. The van der Waals surface area contributed by atoms with E-state index >= 15 is 0 Å². The van der Waals surface area contributed by atoms with Gasteiger partial charge in [-0.2, -0.15) is 0 Å². The third kappa shape index (κ3) is 5.49. The van der Waals surface area contributed by atoms with E-state index in [1.54, 1.807) is 0 Å². The van der Waals surface area contributed by atoms with Gasteiger partial charge in [0.1, 0.15) is 5.78 Å². The highest BCUT2D eigenvalue weighted by Gasteiger charge is 2.25. The number of Topliss-reactive ketones (excluding diaryl/α,β-unsaturated/α-hetero) is 1. The molecule has 0 aromatic carbocycles. The zero-order valence-corrected chi connectivity index (χ0v) is 11.6. The van der Waals surface area contributed by atoms with Crippen LogP contribution in [0.2, 0.25) is 0 Å². The zero-order chi connectivity index (χ0) is 13.4. The molecule has 3 heteroatoms. The van der Waals surface area contributed by atoms with Gasteiger partial charge in [0.25, 0.3) is 0 Å². The summed E-state index contributed by atoms with van der Waals surface area (Å²) < 4.78 is 0. The van der Waals surface area contributed by atoms with Crippen molar-refractivity contribution in [3.8, 4) is 0 Å². The lowest BCUT2D eigenvalue weighted by Gasteiger charge is -2.26. The molecule has 0 spiro atoms. The average molecular weight is 256 g/mol. The SMILES string of the molecule is C[C@@H]1CC(=O)CCCCCCCC[C@H](CO)[C@H]1O. The van der Waals surface area contributed by atoms with Crippen molar-refractivity contribution >= 4 is 5.78 Å². The summed E-state index contributed by atoms with van der Waals surface area (Å²) in [5, 5.41) is 19.6. The maximum atomic E-state index is 11.8. The summed E-state index contributed by atoms with van der Waals surface area (Å²) in [5.41, 5.74) is 0. The molecule has 3 nitrogen and oxygen atoms in total. The van der Waals surface area contributed by atoms with Crippen molar-refractivity contribution in [1.82, 2.24) is 0 Å². The molecular weight excluding hydrogens is 228 g/mol. The summed E-state index contributed by atoms with van der Waals surface area (Å²) in [6.45, 7) is 1.95. The van der Waals surface area contributed by atoms with Crippen molar-refractivity contribution in [2.45, 2.75) is 70.8 Å². The average Bonchev–Trinajstić information content (AvgIpc) is 2.36. The number of ketones is 1. The van der Waals surface area contributed by atoms with Crippen molar-refractivity contribution < 1.29 is 15.0 Å². The minimum atomic E-state index is -0.542. The molecule has 0 aliphatic heterocycles. The fourth-order valence-corrected chi connectivity index (χ4v) is 2.85. The normalized spacial score (nSPS) is 33.3. The number of hydrogen-bond donors (Lipinski definition) is 2. The van der Waals surface area contributed by atoms with Crippen LogP contribution in [0.4, 0.5) is 0 Å². The second-order valence-electron chi connectivity index (χ2n) is 5.81. The Morgan fingerprint density at radius 1 is 1.11 bits per heavy atom. The molecule has 0 aromatic heterocycles. The van der Waals surface area contributed by atoms with E-state index in [1.807, 2.05) is 6.92 Å². The Labute approximate surface area is 111 Å². The van der Waals surface area contributed by atoms with Crippen molar-refractivity contribution in [3.05, 3.63) is 0 Å². The fraction of sp³-hybridized carbons (Fsp3) is 0.933. The third-order valence-corrected chi connectivity index (χ3v) is 4.13. The van der Waals surface area contributed by atoms with Crippen LogP contribution < -0.4 is 0 Å². The number of aliphatic hydroxyl groups is 2. The van der Waals surface area contributed by atoms with Crippen LogP contribution in [0.15, 0.2) is 0 Å². The molecule has 1 aliphatic rings. The van der Waals surface area contributed by atoms with Gasteiger partial charge in [-0.1, -0.05) is 39.0 Å². The van der Waals surface area contributed by atoms with Crippen LogP contribution >= 0.6 is 0 Å². The van der Waals surface area contributed by atoms with E-state index in [4.69, 9.17) is 0 Å². The number of hydrogen-bond acceptors (Lipinski definition) is 3. The molecule has 1 aliphatic carbocycles. The first kappa shape index (κ1) is 15.6. The lowest BCUT2D eigenvalue weighted by Crippen LogP contribution is -2.31. The summed E-state index contributed by atoms with van der Waals surface area (Å²) in [4.78, 5) is 11.8. The molecule has 0 saturated heterocycles. The van der Waals surface area contributed by atoms with Gasteiger partial charge in [-0.05, 0) is 18.8 Å². The summed E-state index contributed by atoms with van der Waals surface area (Å²) in [7, 11) is 0. The van der Waals surface area contributed by atoms with Crippen LogP contribution in [-0.2, 0) is 4.79 Å². The summed E-state index contributed by atoms with van der Waals surface area (Å²) >= 11 is 0. The maximum Gasteiger partial charge on any atom is 0.133 e. The van der Waals surface area contributed by atoms with Gasteiger partial charge in [-0.15, -0.1) is 0 Å². The van der Waals surface area contributed by atoms with Gasteiger partial charge < -0.3 is 10.2 Å². The standard InChI is InChI=1S/C15H28O3/c1-12-10-14(17)9-7-5-3-2-4-6-8-13(11-16)15(12)18/h12-13,15-16,18H,2-11H2,1H3/t12-,13-,15+/m1/s1. The van der Waals surface area contributed by atoms with Crippen molar-refractivity contribution in [3.63, 3.8) is 0 Å². The number of carbonyl (C=O) groups is 1. The van der Waals surface area contributed by atoms with E-state index in [2.05, 4.69) is 0 Å². The quantitative estimate of drug-likeness (QED) is 0.758. The molecule has 0 radical (unpaired) electrons. The van der Waals surface area contributed by atoms with Crippen molar-refractivity contribution in [2.75, 3.05) is 6.61 Å². The van der Waals surface area contributed by atoms with E-state index in [1.165, 1.54) is 19.3 Å². The molecule has 18 heavy (non-hydrogen) atoms. The highest BCUT2D eigenvalue weighted by Crippen LogP contribution is 2.23. The Morgan fingerprint density at radius 3 is 2.39 bits per heavy atom. The zero-order valence-electron chi connectivity index (χ0n) is 11.6. The molecule has 1 saturated carbocycles. The predicted octanol–water partition coefficient (Wildman–Crippen LogP) is 2.69. The Kier molecular flexibility index (Phi) is 7.52. The monoisotopic (exact) mass is 256 g/mol. The molecule has 1 rings (SSSR count). The van der Waals surface area contributed by atoms with Crippen molar-refractivity contribution in [2.24, 2.45) is 11.8 Å². The van der Waals surface area contributed by atoms with Crippen LogP contribution in [0.1, 0.15) is 64.7 Å². The molecule has 0 bridgehead atoms. The van der Waals surface area contributed by atoms with Gasteiger partial charge in [-0.3, -0.25) is 4.79 Å². The first-order chi connectivity index (χ1) is 8.65. The largest absolute Gasteiger partial charge is 0.396 e. The second kappa shape index (κ2) is 8.65. The molecule has 106 valence electrons. The van der Waals surface area contributed by atoms with E-state index in [0.29, 0.717) is 12.8 Å². The van der Waals surface area contributed by atoms with Crippen LogP contribution in [0.25, 0.3) is 0 Å². The van der Waals surface area contributed by atoms with E-state index in [0.717, 1.165) is 25.7 Å². The summed E-state index contributed by atoms with van der Waals surface area (Å²) in [6.07, 6.45) is 8.23. The molecule has 0 unspecified atom stereocenters. The Bertz CT molecular complexity index is 240. The lowest BCUT2D eigenvalue weighted by atomic mass is 9.86. The van der Waals surface area contributed by atoms with E-state index in [9.17, 15) is 15.0 Å². The molecular formula is C15H28O3. The van der Waals surface area contributed by atoms with Gasteiger partial charge >= 0.3 is 0 Å². The third-order valence-electron chi connectivity index (χ3n) is 4.13. The first-order valence-corrected chi connectivity index (χ1v) is 7.45. The topological polar surface area (TPSA) is 57.5 Å². The maximum absolute atomic E-state index is 11.8. The van der Waals surface area contributed by atoms with Crippen LogP contribution in [-0.4, -0.2) is 28.7 Å². The Balaban J connectivity index is 2.56. The Morgan fingerprint density at radius 2 is 1.72 bits per heavy atom. The van der Waals surface area contributed by atoms with Gasteiger partial charge in [0.15, 0.2) is 0 Å². The molecule has 3 atom stereocenters. The number of aliphatic hydroxyl groups excluding tert-OH is 2. The lowest BCUT2D eigenvalue weighted by molar-refractivity contribution is -0.121. The molecule has 0 amide bonds. The summed E-state index contributed by atoms with van der Waals surface area (Å²) in [5.74, 6) is 0.168. The van der Waals surface area contributed by atoms with Gasteiger partial charge in [0.2, 0.25) is 0 Å². The second-order valence-corrected chi connectivity index (χ2v) is 5.81. The molecule has 0 aromatic rings. The predicted molar refractivity (Wildman–Crippen MR) is 72.3 cm³/mol. The van der Waals surface area contributed by atoms with Crippen LogP contribution in [0, 0.1) is 11.8 Å². The molecule has 0 heterocycles. The van der Waals surface area contributed by atoms with E-state index in [-0.39, 0.29) is 24.2 Å². The Hall–Kier alpha value is -0.410. The van der Waals surface area contributed by atoms with Gasteiger partial charge in [-0.25, -0.2) is 0 Å². The van der Waals surface area contributed by atoms with Gasteiger partial charge in [0.05, 0.1) is 6.10 Å². The van der Waals surface area contributed by atoms with Gasteiger partial charge in [0, 0.05) is 25.4 Å². The minimum absolute atomic E-state index is 0.0275. The fourth-order valence-electron chi connectivity index (χ4n) is 2.85. The smallest absolute Gasteiger partial charge is 0.133 e.